The molecule has 0 atom stereocenters. The fraction of sp³-hybridized carbons (Fsp3) is 0.700. The van der Waals surface area contributed by atoms with E-state index < -0.39 is 11.7 Å². The van der Waals surface area contributed by atoms with Gasteiger partial charge >= 0.3 is 6.09 Å². The number of aromatic nitrogens is 4. The van der Waals surface area contributed by atoms with Gasteiger partial charge in [-0.1, -0.05) is 20.8 Å². The number of alkyl carbamates (subject to hydrolysis) is 1. The summed E-state index contributed by atoms with van der Waals surface area (Å²) in [4.78, 5) is 29.1. The molecule has 0 unspecified atom stereocenters. The molecule has 2 aromatic rings. The summed E-state index contributed by atoms with van der Waals surface area (Å²) < 4.78 is 8.64. The van der Waals surface area contributed by atoms with Gasteiger partial charge in [0.25, 0.3) is 5.56 Å². The normalized spacial score (nSPS) is 11.3. The SMILES string of the molecule is CC.CCc1nc2c(cnn2C(C)C)c(=O)n1CCCNC(=O)OC(C)(C)C. The zero-order chi connectivity index (χ0) is 21.5. The summed E-state index contributed by atoms with van der Waals surface area (Å²) in [6.45, 7) is 16.3. The predicted octanol–water partition coefficient (Wildman–Crippen LogP) is 3.68. The lowest BCUT2D eigenvalue weighted by Crippen LogP contribution is -2.34. The van der Waals surface area contributed by atoms with Gasteiger partial charge in [-0.25, -0.2) is 14.5 Å². The largest absolute Gasteiger partial charge is 0.444 e. The molecule has 0 spiro atoms. The van der Waals surface area contributed by atoms with E-state index >= 15 is 0 Å². The predicted molar refractivity (Wildman–Crippen MR) is 112 cm³/mol. The number of nitrogens with one attached hydrogen (secondary N) is 1. The number of carbonyl (C=O) groups is 1. The van der Waals surface area contributed by atoms with Gasteiger partial charge in [0.1, 0.15) is 16.8 Å². The molecule has 1 N–H and O–H groups in total. The standard InChI is InChI=1S/C18H29N5O3.C2H6/c1-7-14-21-15-13(11-20-23(15)12(2)3)16(24)22(14)10-8-9-19-17(25)26-18(4,5)6;1-2/h11-12H,7-10H2,1-6H3,(H,19,25);1-2H3. The van der Waals surface area contributed by atoms with Crippen LogP contribution in [0.25, 0.3) is 11.0 Å². The zero-order valence-electron chi connectivity index (χ0n) is 18.5. The topological polar surface area (TPSA) is 91.0 Å². The Morgan fingerprint density at radius 3 is 2.46 bits per heavy atom. The van der Waals surface area contributed by atoms with Crippen LogP contribution in [0.1, 0.15) is 73.7 Å². The van der Waals surface area contributed by atoms with E-state index in [2.05, 4.69) is 15.4 Å². The third kappa shape index (κ3) is 6.07. The van der Waals surface area contributed by atoms with Gasteiger partial charge in [-0.3, -0.25) is 9.36 Å². The maximum atomic E-state index is 12.8. The average Bonchev–Trinajstić information content (AvgIpc) is 3.04. The molecule has 0 fully saturated rings. The molecule has 158 valence electrons. The van der Waals surface area contributed by atoms with Crippen LogP contribution in [0.5, 0.6) is 0 Å². The summed E-state index contributed by atoms with van der Waals surface area (Å²) in [5.74, 6) is 0.724. The van der Waals surface area contributed by atoms with Crippen molar-refractivity contribution in [2.24, 2.45) is 0 Å². The number of aryl methyl sites for hydroxylation is 1. The first-order valence-corrected chi connectivity index (χ1v) is 10.1. The summed E-state index contributed by atoms with van der Waals surface area (Å²) in [7, 11) is 0. The van der Waals surface area contributed by atoms with E-state index in [0.29, 0.717) is 37.0 Å². The summed E-state index contributed by atoms with van der Waals surface area (Å²) >= 11 is 0. The highest BCUT2D eigenvalue weighted by Gasteiger charge is 2.17. The lowest BCUT2D eigenvalue weighted by atomic mass is 10.2. The summed E-state index contributed by atoms with van der Waals surface area (Å²) in [6.07, 6.45) is 2.39. The van der Waals surface area contributed by atoms with Gasteiger partial charge in [-0.05, 0) is 41.0 Å². The first-order chi connectivity index (χ1) is 13.1. The number of amides is 1. The molecule has 0 radical (unpaired) electrons. The molecule has 1 amide bonds. The van der Waals surface area contributed by atoms with Crippen LogP contribution in [0.4, 0.5) is 4.79 Å². The molecule has 28 heavy (non-hydrogen) atoms. The smallest absolute Gasteiger partial charge is 0.407 e. The van der Waals surface area contributed by atoms with Crippen molar-refractivity contribution >= 4 is 17.1 Å². The summed E-state index contributed by atoms with van der Waals surface area (Å²) in [5, 5.41) is 7.53. The quantitative estimate of drug-likeness (QED) is 0.756. The zero-order valence-corrected chi connectivity index (χ0v) is 18.5. The molecule has 2 aromatic heterocycles. The van der Waals surface area contributed by atoms with Gasteiger partial charge in [-0.15, -0.1) is 0 Å². The fourth-order valence-corrected chi connectivity index (χ4v) is 2.68. The minimum Gasteiger partial charge on any atom is -0.444 e. The van der Waals surface area contributed by atoms with Gasteiger partial charge < -0.3 is 10.1 Å². The Morgan fingerprint density at radius 1 is 1.29 bits per heavy atom. The molecule has 0 aromatic carbocycles. The molecule has 0 saturated heterocycles. The molecule has 8 nitrogen and oxygen atoms in total. The Morgan fingerprint density at radius 2 is 1.93 bits per heavy atom. The molecule has 2 rings (SSSR count). The van der Waals surface area contributed by atoms with Crippen LogP contribution in [0, 0.1) is 0 Å². The van der Waals surface area contributed by atoms with Crippen LogP contribution < -0.4 is 10.9 Å². The van der Waals surface area contributed by atoms with Crippen molar-refractivity contribution in [3.8, 4) is 0 Å². The molecule has 0 aliphatic rings. The second-order valence-corrected chi connectivity index (χ2v) is 7.54. The van der Waals surface area contributed by atoms with Crippen molar-refractivity contribution < 1.29 is 9.53 Å². The highest BCUT2D eigenvalue weighted by molar-refractivity contribution is 5.73. The fourth-order valence-electron chi connectivity index (χ4n) is 2.68. The van der Waals surface area contributed by atoms with E-state index in [1.807, 2.05) is 55.4 Å². The Kier molecular flexibility index (Phi) is 8.65. The molecular formula is C20H35N5O3. The third-order valence-electron chi connectivity index (χ3n) is 3.82. The van der Waals surface area contributed by atoms with Crippen molar-refractivity contribution in [3.63, 3.8) is 0 Å². The van der Waals surface area contributed by atoms with Crippen LogP contribution >= 0.6 is 0 Å². The Bertz CT molecular complexity index is 831. The lowest BCUT2D eigenvalue weighted by Gasteiger charge is -2.19. The highest BCUT2D eigenvalue weighted by atomic mass is 16.6. The second-order valence-electron chi connectivity index (χ2n) is 7.54. The van der Waals surface area contributed by atoms with Crippen molar-refractivity contribution in [2.45, 2.75) is 86.4 Å². The van der Waals surface area contributed by atoms with Crippen molar-refractivity contribution in [1.29, 1.82) is 0 Å². The van der Waals surface area contributed by atoms with Crippen LogP contribution in [0.2, 0.25) is 0 Å². The number of hydrogen-bond donors (Lipinski definition) is 1. The third-order valence-corrected chi connectivity index (χ3v) is 3.82. The highest BCUT2D eigenvalue weighted by Crippen LogP contribution is 2.14. The van der Waals surface area contributed by atoms with Gasteiger partial charge in [0.2, 0.25) is 0 Å². The molecule has 0 bridgehead atoms. The molecule has 0 aliphatic carbocycles. The van der Waals surface area contributed by atoms with Gasteiger partial charge in [0, 0.05) is 25.6 Å². The molecule has 0 aliphatic heterocycles. The van der Waals surface area contributed by atoms with Crippen LogP contribution in [0.15, 0.2) is 11.0 Å². The van der Waals surface area contributed by atoms with E-state index in [0.717, 1.165) is 5.82 Å². The van der Waals surface area contributed by atoms with E-state index in [9.17, 15) is 9.59 Å². The van der Waals surface area contributed by atoms with E-state index in [-0.39, 0.29) is 11.6 Å². The number of rotatable bonds is 6. The summed E-state index contributed by atoms with van der Waals surface area (Å²) in [6, 6.07) is 0.137. The van der Waals surface area contributed by atoms with Gasteiger partial charge in [0.15, 0.2) is 5.65 Å². The Labute approximate surface area is 167 Å². The molecule has 0 saturated carbocycles. The van der Waals surface area contributed by atoms with E-state index in [1.54, 1.807) is 15.4 Å². The first-order valence-electron chi connectivity index (χ1n) is 10.1. The van der Waals surface area contributed by atoms with Crippen LogP contribution in [-0.4, -0.2) is 37.6 Å². The minimum absolute atomic E-state index is 0.0870. The number of nitrogens with zero attached hydrogens (tertiary/aromatic N) is 4. The lowest BCUT2D eigenvalue weighted by molar-refractivity contribution is 0.0526. The van der Waals surface area contributed by atoms with E-state index in [1.165, 1.54) is 0 Å². The molecule has 2 heterocycles. The maximum Gasteiger partial charge on any atom is 0.407 e. The average molecular weight is 394 g/mol. The van der Waals surface area contributed by atoms with Crippen molar-refractivity contribution in [1.82, 2.24) is 24.6 Å². The molecule has 8 heteroatoms. The number of carbonyl (C=O) groups excluding carboxylic acids is 1. The monoisotopic (exact) mass is 393 g/mol. The molecular weight excluding hydrogens is 358 g/mol. The number of ether oxygens (including phenoxy) is 1. The number of hydrogen-bond acceptors (Lipinski definition) is 5. The van der Waals surface area contributed by atoms with E-state index in [4.69, 9.17) is 4.74 Å². The Hall–Kier alpha value is -2.38. The van der Waals surface area contributed by atoms with Crippen molar-refractivity contribution in [2.75, 3.05) is 6.54 Å². The Balaban J connectivity index is 0.00000190. The van der Waals surface area contributed by atoms with Gasteiger partial charge in [0.05, 0.1) is 6.20 Å². The second kappa shape index (κ2) is 10.2. The minimum atomic E-state index is -0.526. The van der Waals surface area contributed by atoms with Crippen LogP contribution in [-0.2, 0) is 17.7 Å². The van der Waals surface area contributed by atoms with Crippen LogP contribution in [0.3, 0.4) is 0 Å². The maximum absolute atomic E-state index is 12.8. The van der Waals surface area contributed by atoms with Crippen molar-refractivity contribution in [3.05, 3.63) is 22.4 Å². The number of fused-ring (bicyclic) bond motifs is 1. The van der Waals surface area contributed by atoms with Gasteiger partial charge in [-0.2, -0.15) is 5.10 Å². The summed E-state index contributed by atoms with van der Waals surface area (Å²) in [5.41, 5.74) is 0.0167. The first kappa shape index (κ1) is 23.7.